The van der Waals surface area contributed by atoms with Gasteiger partial charge in [0, 0.05) is 25.3 Å². The highest BCUT2D eigenvalue weighted by atomic mass is 35.5. The first-order valence-electron chi connectivity index (χ1n) is 6.49. The van der Waals surface area contributed by atoms with Crippen molar-refractivity contribution in [1.29, 1.82) is 0 Å². The third kappa shape index (κ3) is 2.21. The number of carbonyl (C=O) groups excluding carboxylic acids is 1. The summed E-state index contributed by atoms with van der Waals surface area (Å²) in [4.78, 5) is 16.1. The molecule has 1 fully saturated rings. The van der Waals surface area contributed by atoms with Crippen LogP contribution in [-0.4, -0.2) is 27.9 Å². The number of imidazole rings is 1. The zero-order valence-corrected chi connectivity index (χ0v) is 11.6. The highest BCUT2D eigenvalue weighted by Crippen LogP contribution is 2.26. The molecule has 2 heterocycles. The summed E-state index contributed by atoms with van der Waals surface area (Å²) in [6, 6.07) is 6.37. The topological polar surface area (TPSA) is 46.9 Å². The fourth-order valence-corrected chi connectivity index (χ4v) is 2.86. The van der Waals surface area contributed by atoms with Crippen molar-refractivity contribution in [2.75, 3.05) is 12.4 Å². The summed E-state index contributed by atoms with van der Waals surface area (Å²) in [5.41, 5.74) is 3.27. The summed E-state index contributed by atoms with van der Waals surface area (Å²) >= 11 is 5.87. The van der Waals surface area contributed by atoms with Crippen LogP contribution >= 0.6 is 11.6 Å². The molecule has 0 spiro atoms. The van der Waals surface area contributed by atoms with Gasteiger partial charge in [-0.1, -0.05) is 6.07 Å². The fourth-order valence-electron chi connectivity index (χ4n) is 2.69. The smallest absolute Gasteiger partial charge is 0.222 e. The van der Waals surface area contributed by atoms with Crippen molar-refractivity contribution in [3.8, 4) is 0 Å². The van der Waals surface area contributed by atoms with Gasteiger partial charge in [-0.2, -0.15) is 0 Å². The van der Waals surface area contributed by atoms with Crippen molar-refractivity contribution in [3.05, 3.63) is 29.6 Å². The van der Waals surface area contributed by atoms with E-state index in [1.165, 1.54) is 5.56 Å². The number of benzene rings is 1. The molecule has 1 atom stereocenters. The van der Waals surface area contributed by atoms with E-state index in [1.807, 2.05) is 6.07 Å². The summed E-state index contributed by atoms with van der Waals surface area (Å²) in [5.74, 6) is 1.62. The third-order valence-corrected chi connectivity index (χ3v) is 3.75. The Morgan fingerprint density at radius 3 is 3.05 bits per heavy atom. The van der Waals surface area contributed by atoms with Crippen molar-refractivity contribution in [2.45, 2.75) is 25.8 Å². The molecule has 1 aromatic heterocycles. The zero-order chi connectivity index (χ0) is 13.4. The van der Waals surface area contributed by atoms with Crippen molar-refractivity contribution >= 4 is 28.5 Å². The van der Waals surface area contributed by atoms with Crippen LogP contribution in [0.15, 0.2) is 18.2 Å². The number of hydrogen-bond donors (Lipinski definition) is 1. The number of carbonyl (C=O) groups is 1. The Balaban J connectivity index is 2.15. The van der Waals surface area contributed by atoms with Crippen LogP contribution in [0.4, 0.5) is 0 Å². The first-order chi connectivity index (χ1) is 9.19. The third-order valence-electron chi connectivity index (χ3n) is 3.56. The zero-order valence-electron chi connectivity index (χ0n) is 10.8. The average molecular weight is 278 g/mol. The van der Waals surface area contributed by atoms with E-state index in [4.69, 9.17) is 11.6 Å². The Hall–Kier alpha value is -1.55. The van der Waals surface area contributed by atoms with Crippen LogP contribution in [-0.2, 0) is 11.2 Å². The number of hydrogen-bond acceptors (Lipinski definition) is 2. The minimum atomic E-state index is 0.108. The second-order valence-electron chi connectivity index (χ2n) is 4.99. The predicted molar refractivity (Wildman–Crippen MR) is 75.6 cm³/mol. The van der Waals surface area contributed by atoms with Crippen molar-refractivity contribution in [2.24, 2.45) is 0 Å². The van der Waals surface area contributed by atoms with Gasteiger partial charge in [0.2, 0.25) is 5.91 Å². The van der Waals surface area contributed by atoms with Gasteiger partial charge in [0.15, 0.2) is 0 Å². The van der Waals surface area contributed by atoms with E-state index in [9.17, 15) is 4.79 Å². The number of fused-ring (bicyclic) bond motifs is 1. The quantitative estimate of drug-likeness (QED) is 0.874. The van der Waals surface area contributed by atoms with Crippen molar-refractivity contribution in [3.63, 3.8) is 0 Å². The Morgan fingerprint density at radius 2 is 2.37 bits per heavy atom. The molecule has 1 unspecified atom stereocenters. The number of alkyl halides is 1. The molecular formula is C14H16ClN3O. The molecule has 5 heteroatoms. The highest BCUT2D eigenvalue weighted by molar-refractivity contribution is 6.17. The lowest BCUT2D eigenvalue weighted by molar-refractivity contribution is -0.119. The van der Waals surface area contributed by atoms with Crippen LogP contribution in [0.2, 0.25) is 0 Å². The Bertz CT molecular complexity index is 635. The normalized spacial score (nSPS) is 19.1. The van der Waals surface area contributed by atoms with Gasteiger partial charge < -0.3 is 9.88 Å². The molecule has 0 bridgehead atoms. The highest BCUT2D eigenvalue weighted by Gasteiger charge is 2.26. The lowest BCUT2D eigenvalue weighted by atomic mass is 10.2. The van der Waals surface area contributed by atoms with Crippen molar-refractivity contribution in [1.82, 2.24) is 14.9 Å². The molecule has 1 aromatic carbocycles. The molecule has 1 N–H and O–H groups in total. The van der Waals surface area contributed by atoms with Gasteiger partial charge in [-0.15, -0.1) is 11.6 Å². The number of nitrogens with zero attached hydrogens (tertiary/aromatic N) is 2. The lowest BCUT2D eigenvalue weighted by Gasteiger charge is -2.14. The van der Waals surface area contributed by atoms with Crippen LogP contribution in [0.3, 0.4) is 0 Å². The first kappa shape index (κ1) is 12.5. The molecule has 2 aromatic rings. The van der Waals surface area contributed by atoms with Crippen LogP contribution in [0.25, 0.3) is 11.0 Å². The molecule has 0 aliphatic carbocycles. The summed E-state index contributed by atoms with van der Waals surface area (Å²) < 4.78 is 2.18. The van der Waals surface area contributed by atoms with Gasteiger partial charge in [-0.3, -0.25) is 4.79 Å². The molecule has 0 radical (unpaired) electrons. The minimum absolute atomic E-state index is 0.108. The maximum absolute atomic E-state index is 11.4. The van der Waals surface area contributed by atoms with Crippen LogP contribution in [0.1, 0.15) is 23.9 Å². The molecule has 100 valence electrons. The number of amides is 1. The SMILES string of the molecule is Cc1ccc2nc(CCCl)n(C3CNC(=O)C3)c2c1. The van der Waals surface area contributed by atoms with Gasteiger partial charge in [0.05, 0.1) is 17.1 Å². The molecular weight excluding hydrogens is 262 g/mol. The largest absolute Gasteiger partial charge is 0.354 e. The molecule has 3 rings (SSSR count). The Kier molecular flexibility index (Phi) is 3.19. The molecule has 1 aliphatic heterocycles. The van der Waals surface area contributed by atoms with Gasteiger partial charge in [0.1, 0.15) is 5.82 Å². The maximum Gasteiger partial charge on any atom is 0.222 e. The van der Waals surface area contributed by atoms with E-state index >= 15 is 0 Å². The van der Waals surface area contributed by atoms with Crippen molar-refractivity contribution < 1.29 is 4.79 Å². The molecule has 0 saturated carbocycles. The van der Waals surface area contributed by atoms with E-state index < -0.39 is 0 Å². The summed E-state index contributed by atoms with van der Waals surface area (Å²) in [6.45, 7) is 2.74. The summed E-state index contributed by atoms with van der Waals surface area (Å²) in [6.07, 6.45) is 1.24. The van der Waals surface area contributed by atoms with E-state index in [0.29, 0.717) is 18.8 Å². The minimum Gasteiger partial charge on any atom is -0.354 e. The molecule has 4 nitrogen and oxygen atoms in total. The van der Waals surface area contributed by atoms with Crippen LogP contribution < -0.4 is 5.32 Å². The molecule has 1 amide bonds. The number of halogens is 1. The monoisotopic (exact) mass is 277 g/mol. The Morgan fingerprint density at radius 1 is 1.53 bits per heavy atom. The lowest BCUT2D eigenvalue weighted by Crippen LogP contribution is -2.17. The second-order valence-corrected chi connectivity index (χ2v) is 5.37. The van der Waals surface area contributed by atoms with Crippen LogP contribution in [0.5, 0.6) is 0 Å². The molecule has 1 aliphatic rings. The summed E-state index contributed by atoms with van der Waals surface area (Å²) in [5, 5.41) is 2.89. The number of rotatable bonds is 3. The van der Waals surface area contributed by atoms with E-state index in [1.54, 1.807) is 0 Å². The fraction of sp³-hybridized carbons (Fsp3) is 0.429. The number of aromatic nitrogens is 2. The standard InChI is InChI=1S/C14H16ClN3O/c1-9-2-3-11-12(6-9)18(13(17-11)4-5-15)10-7-14(19)16-8-10/h2-3,6,10H,4-5,7-8H2,1H3,(H,16,19). The first-order valence-corrected chi connectivity index (χ1v) is 7.02. The predicted octanol–water partition coefficient (Wildman–Crippen LogP) is 2.19. The Labute approximate surface area is 116 Å². The number of aryl methyl sites for hydroxylation is 2. The van der Waals surface area contributed by atoms with Gasteiger partial charge in [-0.25, -0.2) is 4.98 Å². The second kappa shape index (κ2) is 4.85. The average Bonchev–Trinajstić information content (AvgIpc) is 2.93. The number of nitrogens with one attached hydrogen (secondary N) is 1. The van der Waals surface area contributed by atoms with E-state index in [2.05, 4.69) is 33.9 Å². The van der Waals surface area contributed by atoms with E-state index in [0.717, 1.165) is 23.3 Å². The van der Waals surface area contributed by atoms with Crippen LogP contribution in [0, 0.1) is 6.92 Å². The molecule has 19 heavy (non-hydrogen) atoms. The van der Waals surface area contributed by atoms with E-state index in [-0.39, 0.29) is 11.9 Å². The summed E-state index contributed by atoms with van der Waals surface area (Å²) in [7, 11) is 0. The van der Waals surface area contributed by atoms with Gasteiger partial charge in [0.25, 0.3) is 0 Å². The van der Waals surface area contributed by atoms with Gasteiger partial charge in [-0.05, 0) is 24.6 Å². The van der Waals surface area contributed by atoms with Gasteiger partial charge >= 0.3 is 0 Å². The molecule has 1 saturated heterocycles. The maximum atomic E-state index is 11.4.